The van der Waals surface area contributed by atoms with Crippen molar-refractivity contribution in [3.05, 3.63) is 54.6 Å². The van der Waals surface area contributed by atoms with Crippen LogP contribution in [0.1, 0.15) is 12.8 Å². The maximum atomic E-state index is 13.3. The fourth-order valence-electron chi connectivity index (χ4n) is 2.50. The minimum Gasteiger partial charge on any atom is -0.353 e. The predicted octanol–water partition coefficient (Wildman–Crippen LogP) is 2.84. The fraction of sp³-hybridized carbons (Fsp3) is 0.222. The van der Waals surface area contributed by atoms with Crippen molar-refractivity contribution in [2.75, 3.05) is 5.75 Å². The molecule has 1 aliphatic rings. The Morgan fingerprint density at radius 1 is 1.23 bits per heavy atom. The molecule has 0 spiro atoms. The van der Waals surface area contributed by atoms with Gasteiger partial charge in [-0.3, -0.25) is 14.3 Å². The van der Waals surface area contributed by atoms with E-state index in [-0.39, 0.29) is 17.5 Å². The molecule has 1 saturated carbocycles. The van der Waals surface area contributed by atoms with Crippen molar-refractivity contribution in [3.8, 4) is 17.1 Å². The first-order valence-corrected chi connectivity index (χ1v) is 9.23. The number of nitrogens with one attached hydrogen (secondary N) is 1. The van der Waals surface area contributed by atoms with Crippen LogP contribution in [0.5, 0.6) is 0 Å². The number of rotatable bonds is 6. The van der Waals surface area contributed by atoms with E-state index in [9.17, 15) is 9.18 Å². The van der Waals surface area contributed by atoms with E-state index in [1.54, 1.807) is 24.5 Å². The Morgan fingerprint density at radius 2 is 2.04 bits per heavy atom. The molecular weight excluding hydrogens is 353 g/mol. The van der Waals surface area contributed by atoms with Gasteiger partial charge in [0, 0.05) is 29.7 Å². The molecule has 6 nitrogen and oxygen atoms in total. The minimum atomic E-state index is -0.317. The average molecular weight is 369 g/mol. The number of hydrogen-bond donors (Lipinski definition) is 1. The van der Waals surface area contributed by atoms with Crippen molar-refractivity contribution in [2.45, 2.75) is 24.0 Å². The zero-order chi connectivity index (χ0) is 17.9. The summed E-state index contributed by atoms with van der Waals surface area (Å²) in [7, 11) is 0. The highest BCUT2D eigenvalue weighted by molar-refractivity contribution is 7.99. The van der Waals surface area contributed by atoms with Crippen LogP contribution in [0.15, 0.2) is 53.9 Å². The molecule has 1 fully saturated rings. The van der Waals surface area contributed by atoms with Crippen LogP contribution in [-0.2, 0) is 4.79 Å². The third-order valence-corrected chi connectivity index (χ3v) is 4.84. The van der Waals surface area contributed by atoms with Crippen LogP contribution in [0.2, 0.25) is 0 Å². The largest absolute Gasteiger partial charge is 0.353 e. The van der Waals surface area contributed by atoms with Gasteiger partial charge in [-0.2, -0.15) is 0 Å². The molecule has 0 bridgehead atoms. The number of pyridine rings is 1. The first kappa shape index (κ1) is 16.7. The Kier molecular flexibility index (Phi) is 4.66. The van der Waals surface area contributed by atoms with Crippen molar-refractivity contribution in [1.82, 2.24) is 25.1 Å². The van der Waals surface area contributed by atoms with Gasteiger partial charge in [-0.25, -0.2) is 4.39 Å². The summed E-state index contributed by atoms with van der Waals surface area (Å²) in [6.45, 7) is 0. The second-order valence-corrected chi connectivity index (χ2v) is 6.93. The van der Waals surface area contributed by atoms with Crippen LogP contribution in [0.4, 0.5) is 4.39 Å². The number of benzene rings is 1. The van der Waals surface area contributed by atoms with E-state index in [1.165, 1.54) is 23.9 Å². The van der Waals surface area contributed by atoms with Crippen molar-refractivity contribution in [2.24, 2.45) is 0 Å². The van der Waals surface area contributed by atoms with Gasteiger partial charge in [0.25, 0.3) is 0 Å². The minimum absolute atomic E-state index is 0.0194. The number of thioether (sulfide) groups is 1. The Hall–Kier alpha value is -2.74. The number of hydrogen-bond acceptors (Lipinski definition) is 5. The van der Waals surface area contributed by atoms with E-state index in [0.29, 0.717) is 17.0 Å². The number of carbonyl (C=O) groups is 1. The molecule has 1 aliphatic carbocycles. The Labute approximate surface area is 153 Å². The quantitative estimate of drug-likeness (QED) is 0.677. The van der Waals surface area contributed by atoms with Gasteiger partial charge in [0.15, 0.2) is 11.0 Å². The van der Waals surface area contributed by atoms with Crippen LogP contribution in [0.3, 0.4) is 0 Å². The summed E-state index contributed by atoms with van der Waals surface area (Å²) in [6, 6.07) is 10.1. The van der Waals surface area contributed by atoms with Crippen molar-refractivity contribution in [3.63, 3.8) is 0 Å². The third kappa shape index (κ3) is 3.75. The van der Waals surface area contributed by atoms with Crippen LogP contribution in [0, 0.1) is 5.82 Å². The van der Waals surface area contributed by atoms with Crippen molar-refractivity contribution >= 4 is 17.7 Å². The molecule has 26 heavy (non-hydrogen) atoms. The maximum absolute atomic E-state index is 13.3. The summed E-state index contributed by atoms with van der Waals surface area (Å²) in [5, 5.41) is 12.0. The maximum Gasteiger partial charge on any atom is 0.230 e. The lowest BCUT2D eigenvalue weighted by Crippen LogP contribution is -2.27. The Morgan fingerprint density at radius 3 is 2.73 bits per heavy atom. The summed E-state index contributed by atoms with van der Waals surface area (Å²) in [5.41, 5.74) is 1.51. The van der Waals surface area contributed by atoms with Gasteiger partial charge in [0.1, 0.15) is 5.82 Å². The molecule has 3 aromatic rings. The van der Waals surface area contributed by atoms with Gasteiger partial charge < -0.3 is 5.32 Å². The first-order chi connectivity index (χ1) is 12.7. The molecule has 1 N–H and O–H groups in total. The molecule has 8 heteroatoms. The summed E-state index contributed by atoms with van der Waals surface area (Å²) in [6.07, 6.45) is 5.47. The van der Waals surface area contributed by atoms with E-state index in [1.807, 2.05) is 16.7 Å². The molecule has 132 valence electrons. The number of halogens is 1. The molecule has 0 radical (unpaired) electrons. The fourth-order valence-corrected chi connectivity index (χ4v) is 3.26. The standard InChI is InChI=1S/C18H16FN5OS/c19-13-3-7-15(8-4-13)24-17(12-2-1-9-20-10-12)22-23-18(24)26-11-16(25)21-14-5-6-14/h1-4,7-10,14H,5-6,11H2,(H,21,25). The van der Waals surface area contributed by atoms with Crippen molar-refractivity contribution in [1.29, 1.82) is 0 Å². The highest BCUT2D eigenvalue weighted by Gasteiger charge is 2.24. The van der Waals surface area contributed by atoms with Crippen LogP contribution in [-0.4, -0.2) is 37.5 Å². The normalized spacial score (nSPS) is 13.6. The monoisotopic (exact) mass is 369 g/mol. The number of nitrogens with zero attached hydrogens (tertiary/aromatic N) is 4. The SMILES string of the molecule is O=C(CSc1nnc(-c2cccnc2)n1-c1ccc(F)cc1)NC1CC1. The molecule has 2 heterocycles. The van der Waals surface area contributed by atoms with Gasteiger partial charge in [-0.1, -0.05) is 11.8 Å². The van der Waals surface area contributed by atoms with Crippen LogP contribution in [0.25, 0.3) is 17.1 Å². The highest BCUT2D eigenvalue weighted by Crippen LogP contribution is 2.28. The second kappa shape index (κ2) is 7.25. The van der Waals surface area contributed by atoms with E-state index in [0.717, 1.165) is 24.1 Å². The molecular formula is C18H16FN5OS. The molecule has 1 aromatic carbocycles. The number of carbonyl (C=O) groups excluding carboxylic acids is 1. The Balaban J connectivity index is 1.65. The van der Waals surface area contributed by atoms with Gasteiger partial charge in [-0.15, -0.1) is 10.2 Å². The third-order valence-electron chi connectivity index (χ3n) is 3.91. The molecule has 2 aromatic heterocycles. The van der Waals surface area contributed by atoms with Gasteiger partial charge >= 0.3 is 0 Å². The topological polar surface area (TPSA) is 72.7 Å². The van der Waals surface area contributed by atoms with Crippen molar-refractivity contribution < 1.29 is 9.18 Å². The zero-order valence-electron chi connectivity index (χ0n) is 13.8. The lowest BCUT2D eigenvalue weighted by atomic mass is 10.2. The zero-order valence-corrected chi connectivity index (χ0v) is 14.6. The molecule has 0 atom stereocenters. The van der Waals surface area contributed by atoms with Crippen LogP contribution < -0.4 is 5.32 Å². The molecule has 4 rings (SSSR count). The molecule has 1 amide bonds. The van der Waals surface area contributed by atoms with Gasteiger partial charge in [0.2, 0.25) is 5.91 Å². The van der Waals surface area contributed by atoms with E-state index >= 15 is 0 Å². The summed E-state index contributed by atoms with van der Waals surface area (Å²) >= 11 is 1.30. The molecule has 0 unspecified atom stereocenters. The molecule has 0 aliphatic heterocycles. The highest BCUT2D eigenvalue weighted by atomic mass is 32.2. The number of amides is 1. The lowest BCUT2D eigenvalue weighted by Gasteiger charge is -2.10. The summed E-state index contributed by atoms with van der Waals surface area (Å²) < 4.78 is 15.1. The van der Waals surface area contributed by atoms with Gasteiger partial charge in [0.05, 0.1) is 5.75 Å². The van der Waals surface area contributed by atoms with E-state index in [2.05, 4.69) is 20.5 Å². The molecule has 0 saturated heterocycles. The van der Waals surface area contributed by atoms with Gasteiger partial charge in [-0.05, 0) is 49.2 Å². The summed E-state index contributed by atoms with van der Waals surface area (Å²) in [5.74, 6) is 0.509. The van der Waals surface area contributed by atoms with Crippen LogP contribution >= 0.6 is 11.8 Å². The number of aromatic nitrogens is 4. The second-order valence-electron chi connectivity index (χ2n) is 5.99. The lowest BCUT2D eigenvalue weighted by molar-refractivity contribution is -0.118. The van der Waals surface area contributed by atoms with E-state index in [4.69, 9.17) is 0 Å². The first-order valence-electron chi connectivity index (χ1n) is 8.24. The average Bonchev–Trinajstić information content (AvgIpc) is 3.37. The smallest absolute Gasteiger partial charge is 0.230 e. The predicted molar refractivity (Wildman–Crippen MR) is 96.4 cm³/mol. The Bertz CT molecular complexity index is 909. The summed E-state index contributed by atoms with van der Waals surface area (Å²) in [4.78, 5) is 16.1. The van der Waals surface area contributed by atoms with E-state index < -0.39 is 0 Å².